The SMILES string of the molecule is CC(C(=O)Nc1cccc(Cl)c1)N1CCC(C)(CN)C1. The van der Waals surface area contributed by atoms with E-state index in [1.165, 1.54) is 0 Å². The summed E-state index contributed by atoms with van der Waals surface area (Å²) in [7, 11) is 0. The summed E-state index contributed by atoms with van der Waals surface area (Å²) in [6.45, 7) is 6.55. The van der Waals surface area contributed by atoms with E-state index in [9.17, 15) is 4.79 Å². The first-order valence-electron chi connectivity index (χ1n) is 6.94. The fourth-order valence-corrected chi connectivity index (χ4v) is 2.73. The number of carbonyl (C=O) groups excluding carboxylic acids is 1. The summed E-state index contributed by atoms with van der Waals surface area (Å²) >= 11 is 5.92. The molecule has 1 aromatic carbocycles. The molecule has 2 unspecified atom stereocenters. The van der Waals surface area contributed by atoms with E-state index in [0.717, 1.165) is 25.2 Å². The average Bonchev–Trinajstić information content (AvgIpc) is 2.81. The van der Waals surface area contributed by atoms with Gasteiger partial charge in [-0.3, -0.25) is 9.69 Å². The van der Waals surface area contributed by atoms with Gasteiger partial charge in [-0.05, 0) is 50.0 Å². The number of hydrogen-bond donors (Lipinski definition) is 2. The first-order chi connectivity index (χ1) is 9.43. The smallest absolute Gasteiger partial charge is 0.241 e. The number of nitrogens with one attached hydrogen (secondary N) is 1. The molecule has 110 valence electrons. The van der Waals surface area contributed by atoms with E-state index in [1.807, 2.05) is 19.1 Å². The number of nitrogens with zero attached hydrogens (tertiary/aromatic N) is 1. The third-order valence-corrected chi connectivity index (χ3v) is 4.33. The Kier molecular flexibility index (Phi) is 4.68. The highest BCUT2D eigenvalue weighted by Gasteiger charge is 2.36. The van der Waals surface area contributed by atoms with Crippen molar-refractivity contribution in [3.05, 3.63) is 29.3 Å². The van der Waals surface area contributed by atoms with Crippen LogP contribution in [0, 0.1) is 5.41 Å². The molecule has 0 bridgehead atoms. The predicted octanol–water partition coefficient (Wildman–Crippen LogP) is 2.34. The van der Waals surface area contributed by atoms with Crippen molar-refractivity contribution in [3.8, 4) is 0 Å². The largest absolute Gasteiger partial charge is 0.330 e. The zero-order valence-electron chi connectivity index (χ0n) is 12.0. The van der Waals surface area contributed by atoms with Crippen molar-refractivity contribution < 1.29 is 4.79 Å². The number of hydrogen-bond acceptors (Lipinski definition) is 3. The lowest BCUT2D eigenvalue weighted by atomic mass is 9.90. The molecule has 1 saturated heterocycles. The number of benzene rings is 1. The topological polar surface area (TPSA) is 58.4 Å². The maximum absolute atomic E-state index is 12.3. The van der Waals surface area contributed by atoms with E-state index < -0.39 is 0 Å². The molecule has 1 aromatic rings. The van der Waals surface area contributed by atoms with Crippen molar-refractivity contribution in [2.24, 2.45) is 11.1 Å². The summed E-state index contributed by atoms with van der Waals surface area (Å²) in [5, 5.41) is 3.53. The number of halogens is 1. The molecule has 1 aliphatic heterocycles. The molecule has 3 N–H and O–H groups in total. The van der Waals surface area contributed by atoms with Gasteiger partial charge >= 0.3 is 0 Å². The van der Waals surface area contributed by atoms with Crippen LogP contribution in [-0.2, 0) is 4.79 Å². The van der Waals surface area contributed by atoms with Gasteiger partial charge in [-0.25, -0.2) is 0 Å². The lowest BCUT2D eigenvalue weighted by molar-refractivity contribution is -0.120. The van der Waals surface area contributed by atoms with Crippen molar-refractivity contribution in [1.29, 1.82) is 0 Å². The number of carbonyl (C=O) groups is 1. The quantitative estimate of drug-likeness (QED) is 0.896. The predicted molar refractivity (Wildman–Crippen MR) is 82.9 cm³/mol. The number of nitrogens with two attached hydrogens (primary N) is 1. The molecule has 1 heterocycles. The van der Waals surface area contributed by atoms with Gasteiger partial charge in [0.25, 0.3) is 0 Å². The Hall–Kier alpha value is -1.10. The first-order valence-corrected chi connectivity index (χ1v) is 7.32. The van der Waals surface area contributed by atoms with Crippen LogP contribution in [0.4, 0.5) is 5.69 Å². The molecule has 0 aliphatic carbocycles. The van der Waals surface area contributed by atoms with E-state index in [1.54, 1.807) is 12.1 Å². The highest BCUT2D eigenvalue weighted by molar-refractivity contribution is 6.30. The number of likely N-dealkylation sites (tertiary alicyclic amines) is 1. The number of anilines is 1. The summed E-state index contributed by atoms with van der Waals surface area (Å²) in [4.78, 5) is 14.5. The Morgan fingerprint density at radius 1 is 1.60 bits per heavy atom. The molecule has 0 radical (unpaired) electrons. The van der Waals surface area contributed by atoms with Crippen LogP contribution in [0.3, 0.4) is 0 Å². The van der Waals surface area contributed by atoms with Gasteiger partial charge in [-0.1, -0.05) is 24.6 Å². The van der Waals surface area contributed by atoms with Gasteiger partial charge in [0.2, 0.25) is 5.91 Å². The fourth-order valence-electron chi connectivity index (χ4n) is 2.54. The molecule has 0 aromatic heterocycles. The second-order valence-corrected chi connectivity index (χ2v) is 6.35. The van der Waals surface area contributed by atoms with Gasteiger partial charge in [0, 0.05) is 17.3 Å². The Morgan fingerprint density at radius 2 is 2.35 bits per heavy atom. The van der Waals surface area contributed by atoms with Gasteiger partial charge in [-0.15, -0.1) is 0 Å². The van der Waals surface area contributed by atoms with E-state index in [4.69, 9.17) is 17.3 Å². The lowest BCUT2D eigenvalue weighted by Crippen LogP contribution is -2.42. The average molecular weight is 296 g/mol. The zero-order valence-corrected chi connectivity index (χ0v) is 12.8. The van der Waals surface area contributed by atoms with Gasteiger partial charge in [0.05, 0.1) is 6.04 Å². The molecule has 2 atom stereocenters. The molecule has 4 nitrogen and oxygen atoms in total. The van der Waals surface area contributed by atoms with Crippen molar-refractivity contribution in [2.45, 2.75) is 26.3 Å². The Balaban J connectivity index is 1.96. The van der Waals surface area contributed by atoms with Gasteiger partial charge < -0.3 is 11.1 Å². The molecule has 1 aliphatic rings. The second-order valence-electron chi connectivity index (χ2n) is 5.91. The van der Waals surface area contributed by atoms with E-state index in [2.05, 4.69) is 17.1 Å². The fraction of sp³-hybridized carbons (Fsp3) is 0.533. The molecule has 1 amide bonds. The lowest BCUT2D eigenvalue weighted by Gasteiger charge is -2.26. The molecule has 0 spiro atoms. The second kappa shape index (κ2) is 6.12. The highest BCUT2D eigenvalue weighted by atomic mass is 35.5. The van der Waals surface area contributed by atoms with Crippen molar-refractivity contribution in [3.63, 3.8) is 0 Å². The monoisotopic (exact) mass is 295 g/mol. The van der Waals surface area contributed by atoms with Crippen LogP contribution in [0.5, 0.6) is 0 Å². The minimum atomic E-state index is -0.164. The van der Waals surface area contributed by atoms with Crippen LogP contribution in [0.1, 0.15) is 20.3 Å². The molecule has 2 rings (SSSR count). The van der Waals surface area contributed by atoms with Gasteiger partial charge in [0.15, 0.2) is 0 Å². The standard InChI is InChI=1S/C15H22ClN3O/c1-11(19-7-6-15(2,9-17)10-19)14(20)18-13-5-3-4-12(16)8-13/h3-5,8,11H,6-7,9-10,17H2,1-2H3,(H,18,20). The van der Waals surface area contributed by atoms with E-state index in [0.29, 0.717) is 11.6 Å². The molecule has 1 fully saturated rings. The molecular formula is C15H22ClN3O. The summed E-state index contributed by atoms with van der Waals surface area (Å²) in [6, 6.07) is 7.03. The molecular weight excluding hydrogens is 274 g/mol. The molecule has 5 heteroatoms. The molecule has 0 saturated carbocycles. The van der Waals surface area contributed by atoms with Gasteiger partial charge in [-0.2, -0.15) is 0 Å². The third kappa shape index (κ3) is 3.51. The van der Waals surface area contributed by atoms with Gasteiger partial charge in [0.1, 0.15) is 0 Å². The van der Waals surface area contributed by atoms with Crippen LogP contribution < -0.4 is 11.1 Å². The summed E-state index contributed by atoms with van der Waals surface area (Å²) in [6.07, 6.45) is 1.04. The maximum Gasteiger partial charge on any atom is 0.241 e. The Labute approximate surface area is 125 Å². The summed E-state index contributed by atoms with van der Waals surface area (Å²) in [5.74, 6) is -0.00598. The summed E-state index contributed by atoms with van der Waals surface area (Å²) in [5.41, 5.74) is 6.67. The van der Waals surface area contributed by atoms with E-state index in [-0.39, 0.29) is 17.4 Å². The first kappa shape index (κ1) is 15.3. The van der Waals surface area contributed by atoms with Crippen molar-refractivity contribution in [2.75, 3.05) is 25.0 Å². The maximum atomic E-state index is 12.3. The third-order valence-electron chi connectivity index (χ3n) is 4.10. The zero-order chi connectivity index (χ0) is 14.8. The van der Waals surface area contributed by atoms with Crippen molar-refractivity contribution in [1.82, 2.24) is 4.90 Å². The van der Waals surface area contributed by atoms with Crippen LogP contribution in [-0.4, -0.2) is 36.5 Å². The number of amides is 1. The minimum absolute atomic E-state index is 0.00598. The molecule has 20 heavy (non-hydrogen) atoms. The van der Waals surface area contributed by atoms with E-state index >= 15 is 0 Å². The highest BCUT2D eigenvalue weighted by Crippen LogP contribution is 2.30. The van der Waals surface area contributed by atoms with Crippen LogP contribution in [0.25, 0.3) is 0 Å². The summed E-state index contributed by atoms with van der Waals surface area (Å²) < 4.78 is 0. The van der Waals surface area contributed by atoms with Crippen molar-refractivity contribution >= 4 is 23.2 Å². The van der Waals surface area contributed by atoms with Crippen LogP contribution in [0.15, 0.2) is 24.3 Å². The normalized spacial score (nSPS) is 24.6. The minimum Gasteiger partial charge on any atom is -0.330 e. The van der Waals surface area contributed by atoms with Crippen LogP contribution in [0.2, 0.25) is 5.02 Å². The van der Waals surface area contributed by atoms with Crippen LogP contribution >= 0.6 is 11.6 Å². The number of rotatable bonds is 4. The Bertz CT molecular complexity index is 494. The Morgan fingerprint density at radius 3 is 2.95 bits per heavy atom.